The number of hydrogen-bond acceptors (Lipinski definition) is 2. The lowest BCUT2D eigenvalue weighted by Gasteiger charge is -2.18. The lowest BCUT2D eigenvalue weighted by molar-refractivity contribution is 0.367. The van der Waals surface area contributed by atoms with Crippen LogP contribution in [0.15, 0.2) is 24.3 Å². The van der Waals surface area contributed by atoms with Crippen molar-refractivity contribution in [2.24, 2.45) is 5.41 Å². The van der Waals surface area contributed by atoms with Crippen molar-refractivity contribution in [3.8, 4) is 5.75 Å². The number of ether oxygens (including phenoxy) is 1. The van der Waals surface area contributed by atoms with Crippen LogP contribution in [0.25, 0.3) is 0 Å². The minimum atomic E-state index is 0.414. The lowest BCUT2D eigenvalue weighted by Crippen LogP contribution is -2.22. The standard InChI is InChI=1S/C15H25NO/c1-15(2,3)10-12-16-11-9-13-7-5-6-8-14(13)17-4/h5-8,16H,9-12H2,1-4H3. The first-order chi connectivity index (χ1) is 8.03. The van der Waals surface area contributed by atoms with Crippen LogP contribution in [0.2, 0.25) is 0 Å². The van der Waals surface area contributed by atoms with E-state index in [0.29, 0.717) is 5.41 Å². The van der Waals surface area contributed by atoms with E-state index in [1.807, 2.05) is 12.1 Å². The molecule has 2 nitrogen and oxygen atoms in total. The molecule has 0 fully saturated rings. The average Bonchev–Trinajstić information content (AvgIpc) is 2.27. The van der Waals surface area contributed by atoms with Crippen molar-refractivity contribution in [1.82, 2.24) is 5.32 Å². The Hall–Kier alpha value is -1.02. The summed E-state index contributed by atoms with van der Waals surface area (Å²) < 4.78 is 5.33. The highest BCUT2D eigenvalue weighted by Crippen LogP contribution is 2.18. The molecule has 0 saturated carbocycles. The van der Waals surface area contributed by atoms with Gasteiger partial charge in [-0.2, -0.15) is 0 Å². The molecule has 2 heteroatoms. The van der Waals surface area contributed by atoms with Gasteiger partial charge in [0.25, 0.3) is 0 Å². The largest absolute Gasteiger partial charge is 0.496 e. The van der Waals surface area contributed by atoms with Gasteiger partial charge < -0.3 is 10.1 Å². The first-order valence-electron chi connectivity index (χ1n) is 6.35. The SMILES string of the molecule is COc1ccccc1CCNCCC(C)(C)C. The van der Waals surface area contributed by atoms with E-state index < -0.39 is 0 Å². The fourth-order valence-electron chi connectivity index (χ4n) is 1.72. The topological polar surface area (TPSA) is 21.3 Å². The van der Waals surface area contributed by atoms with Crippen LogP contribution >= 0.6 is 0 Å². The normalized spacial score (nSPS) is 11.5. The van der Waals surface area contributed by atoms with E-state index in [-0.39, 0.29) is 0 Å². The number of methoxy groups -OCH3 is 1. The van der Waals surface area contributed by atoms with Crippen molar-refractivity contribution < 1.29 is 4.74 Å². The highest BCUT2D eigenvalue weighted by molar-refractivity contribution is 5.33. The quantitative estimate of drug-likeness (QED) is 0.764. The third-order valence-electron chi connectivity index (χ3n) is 2.82. The molecule has 1 aromatic carbocycles. The molecular weight excluding hydrogens is 210 g/mol. The minimum Gasteiger partial charge on any atom is -0.496 e. The molecule has 17 heavy (non-hydrogen) atoms. The van der Waals surface area contributed by atoms with Gasteiger partial charge in [-0.05, 0) is 43.0 Å². The van der Waals surface area contributed by atoms with E-state index in [0.717, 1.165) is 25.3 Å². The van der Waals surface area contributed by atoms with Crippen LogP contribution in [-0.2, 0) is 6.42 Å². The zero-order chi connectivity index (χ0) is 12.7. The Labute approximate surface area is 105 Å². The number of benzene rings is 1. The van der Waals surface area contributed by atoms with E-state index in [1.54, 1.807) is 7.11 Å². The second-order valence-corrected chi connectivity index (χ2v) is 5.62. The molecule has 0 aromatic heterocycles. The van der Waals surface area contributed by atoms with Crippen LogP contribution in [0.1, 0.15) is 32.8 Å². The maximum absolute atomic E-state index is 5.33. The molecule has 0 radical (unpaired) electrons. The first kappa shape index (κ1) is 14.0. The second-order valence-electron chi connectivity index (χ2n) is 5.62. The summed E-state index contributed by atoms with van der Waals surface area (Å²) in [6.07, 6.45) is 2.23. The molecule has 0 bridgehead atoms. The zero-order valence-corrected chi connectivity index (χ0v) is 11.5. The molecule has 0 unspecified atom stereocenters. The Morgan fingerprint density at radius 2 is 1.82 bits per heavy atom. The van der Waals surface area contributed by atoms with E-state index in [1.165, 1.54) is 12.0 Å². The van der Waals surface area contributed by atoms with Crippen LogP contribution < -0.4 is 10.1 Å². The van der Waals surface area contributed by atoms with E-state index in [4.69, 9.17) is 4.74 Å². The summed E-state index contributed by atoms with van der Waals surface area (Å²) in [7, 11) is 1.73. The molecule has 0 spiro atoms. The molecule has 96 valence electrons. The Morgan fingerprint density at radius 1 is 1.12 bits per heavy atom. The van der Waals surface area contributed by atoms with Crippen LogP contribution in [0.3, 0.4) is 0 Å². The number of rotatable bonds is 6. The van der Waals surface area contributed by atoms with Gasteiger partial charge in [0, 0.05) is 0 Å². The Morgan fingerprint density at radius 3 is 2.47 bits per heavy atom. The van der Waals surface area contributed by atoms with Crippen molar-refractivity contribution in [2.45, 2.75) is 33.6 Å². The van der Waals surface area contributed by atoms with Gasteiger partial charge in [-0.3, -0.25) is 0 Å². The average molecular weight is 235 g/mol. The molecule has 1 rings (SSSR count). The maximum Gasteiger partial charge on any atom is 0.122 e. The van der Waals surface area contributed by atoms with E-state index >= 15 is 0 Å². The molecule has 0 aliphatic heterocycles. The summed E-state index contributed by atoms with van der Waals surface area (Å²) in [6, 6.07) is 8.22. The van der Waals surface area contributed by atoms with Crippen molar-refractivity contribution >= 4 is 0 Å². The number of hydrogen-bond donors (Lipinski definition) is 1. The predicted molar refractivity (Wildman–Crippen MR) is 73.6 cm³/mol. The number of para-hydroxylation sites is 1. The lowest BCUT2D eigenvalue weighted by atomic mass is 9.92. The summed E-state index contributed by atoms with van der Waals surface area (Å²) in [5.74, 6) is 0.991. The molecule has 1 aromatic rings. The smallest absolute Gasteiger partial charge is 0.122 e. The molecule has 0 atom stereocenters. The highest BCUT2D eigenvalue weighted by Gasteiger charge is 2.08. The van der Waals surface area contributed by atoms with Crippen LogP contribution in [0.5, 0.6) is 5.75 Å². The summed E-state index contributed by atoms with van der Waals surface area (Å²) in [5.41, 5.74) is 1.69. The van der Waals surface area contributed by atoms with Crippen molar-refractivity contribution in [2.75, 3.05) is 20.2 Å². The van der Waals surface area contributed by atoms with Gasteiger partial charge >= 0.3 is 0 Å². The zero-order valence-electron chi connectivity index (χ0n) is 11.5. The fraction of sp³-hybridized carbons (Fsp3) is 0.600. The van der Waals surface area contributed by atoms with Crippen molar-refractivity contribution in [3.63, 3.8) is 0 Å². The summed E-state index contributed by atoms with van der Waals surface area (Å²) >= 11 is 0. The maximum atomic E-state index is 5.33. The summed E-state index contributed by atoms with van der Waals surface area (Å²) in [6.45, 7) is 8.91. The van der Waals surface area contributed by atoms with Gasteiger partial charge in [0.05, 0.1) is 7.11 Å². The molecule has 1 N–H and O–H groups in total. The van der Waals surface area contributed by atoms with Crippen molar-refractivity contribution in [3.05, 3.63) is 29.8 Å². The van der Waals surface area contributed by atoms with Crippen LogP contribution in [0, 0.1) is 5.41 Å². The predicted octanol–water partition coefficient (Wildman–Crippen LogP) is 3.26. The third-order valence-corrected chi connectivity index (χ3v) is 2.82. The Bertz CT molecular complexity index is 328. The first-order valence-corrected chi connectivity index (χ1v) is 6.35. The summed E-state index contributed by atoms with van der Waals surface area (Å²) in [5, 5.41) is 3.49. The molecule has 0 aliphatic rings. The number of nitrogens with one attached hydrogen (secondary N) is 1. The highest BCUT2D eigenvalue weighted by atomic mass is 16.5. The van der Waals surface area contributed by atoms with Crippen LogP contribution in [-0.4, -0.2) is 20.2 Å². The van der Waals surface area contributed by atoms with E-state index in [2.05, 4.69) is 38.2 Å². The summed E-state index contributed by atoms with van der Waals surface area (Å²) in [4.78, 5) is 0. The van der Waals surface area contributed by atoms with Crippen LogP contribution in [0.4, 0.5) is 0 Å². The van der Waals surface area contributed by atoms with Crippen molar-refractivity contribution in [1.29, 1.82) is 0 Å². The van der Waals surface area contributed by atoms with Gasteiger partial charge in [-0.15, -0.1) is 0 Å². The minimum absolute atomic E-state index is 0.414. The van der Waals surface area contributed by atoms with Gasteiger partial charge in [0.2, 0.25) is 0 Å². The Balaban J connectivity index is 2.27. The Kier molecular flexibility index (Phi) is 5.49. The molecular formula is C15H25NO. The van der Waals surface area contributed by atoms with Gasteiger partial charge in [0.15, 0.2) is 0 Å². The van der Waals surface area contributed by atoms with Gasteiger partial charge in [-0.1, -0.05) is 39.0 Å². The fourth-order valence-corrected chi connectivity index (χ4v) is 1.72. The van der Waals surface area contributed by atoms with E-state index in [9.17, 15) is 0 Å². The monoisotopic (exact) mass is 235 g/mol. The molecule has 0 saturated heterocycles. The second kappa shape index (κ2) is 6.65. The third kappa shape index (κ3) is 5.73. The molecule has 0 aliphatic carbocycles. The van der Waals surface area contributed by atoms with Gasteiger partial charge in [-0.25, -0.2) is 0 Å². The van der Waals surface area contributed by atoms with Gasteiger partial charge in [0.1, 0.15) is 5.75 Å². The molecule has 0 amide bonds. The molecule has 0 heterocycles.